The smallest absolute Gasteiger partial charge is 0.159 e. The molecule has 1 aromatic carbocycles. The summed E-state index contributed by atoms with van der Waals surface area (Å²) in [5, 5.41) is 0. The first-order valence-corrected chi connectivity index (χ1v) is 4.13. The lowest BCUT2D eigenvalue weighted by atomic mass is 10.1. The first-order valence-electron chi connectivity index (χ1n) is 4.13. The second-order valence-corrected chi connectivity index (χ2v) is 3.49. The summed E-state index contributed by atoms with van der Waals surface area (Å²) >= 11 is 0. The van der Waals surface area contributed by atoms with Crippen molar-refractivity contribution < 1.29 is 8.78 Å². The van der Waals surface area contributed by atoms with Crippen molar-refractivity contribution in [3.8, 4) is 0 Å². The summed E-state index contributed by atoms with van der Waals surface area (Å²) in [6.45, 7) is 2.12. The van der Waals surface area contributed by atoms with Crippen molar-refractivity contribution in [2.45, 2.75) is 19.3 Å². The van der Waals surface area contributed by atoms with Gasteiger partial charge in [-0.2, -0.15) is 0 Å². The molecular formula is C10H10F2. The Kier molecular flexibility index (Phi) is 1.63. The average Bonchev–Trinajstić information content (AvgIpc) is 2.73. The van der Waals surface area contributed by atoms with Crippen LogP contribution in [0.15, 0.2) is 18.2 Å². The minimum atomic E-state index is -0.757. The van der Waals surface area contributed by atoms with E-state index in [1.165, 1.54) is 12.1 Å². The number of hydrogen-bond acceptors (Lipinski definition) is 0. The van der Waals surface area contributed by atoms with Crippen LogP contribution in [0.3, 0.4) is 0 Å². The lowest BCUT2D eigenvalue weighted by Crippen LogP contribution is -1.87. The Balaban J connectivity index is 2.29. The highest BCUT2D eigenvalue weighted by molar-refractivity contribution is 5.26. The first kappa shape index (κ1) is 7.71. The van der Waals surface area contributed by atoms with Crippen LogP contribution >= 0.6 is 0 Å². The molecule has 1 aromatic rings. The molecule has 0 saturated heterocycles. The van der Waals surface area contributed by atoms with Gasteiger partial charge in [-0.3, -0.25) is 0 Å². The van der Waals surface area contributed by atoms with Gasteiger partial charge in [0.2, 0.25) is 0 Å². The molecule has 1 aliphatic carbocycles. The highest BCUT2D eigenvalue weighted by Gasteiger charge is 2.34. The fourth-order valence-corrected chi connectivity index (χ4v) is 1.53. The van der Waals surface area contributed by atoms with Crippen molar-refractivity contribution >= 4 is 0 Å². The van der Waals surface area contributed by atoms with Crippen LogP contribution in [0.25, 0.3) is 0 Å². The minimum Gasteiger partial charge on any atom is -0.204 e. The molecule has 1 fully saturated rings. The van der Waals surface area contributed by atoms with Gasteiger partial charge in [0.25, 0.3) is 0 Å². The molecule has 2 heteroatoms. The molecule has 1 aliphatic rings. The molecular weight excluding hydrogens is 158 g/mol. The van der Waals surface area contributed by atoms with Gasteiger partial charge >= 0.3 is 0 Å². The quantitative estimate of drug-likeness (QED) is 0.604. The number of benzene rings is 1. The van der Waals surface area contributed by atoms with Gasteiger partial charge in [0.1, 0.15) is 0 Å². The van der Waals surface area contributed by atoms with Crippen LogP contribution in [0.2, 0.25) is 0 Å². The Hall–Kier alpha value is -0.920. The molecule has 0 aromatic heterocycles. The summed E-state index contributed by atoms with van der Waals surface area (Å²) in [4.78, 5) is 0. The van der Waals surface area contributed by atoms with E-state index in [1.54, 1.807) is 6.07 Å². The zero-order chi connectivity index (χ0) is 8.72. The lowest BCUT2D eigenvalue weighted by Gasteiger charge is -1.98. The summed E-state index contributed by atoms with van der Waals surface area (Å²) in [6, 6.07) is 4.19. The molecule has 0 amide bonds. The van der Waals surface area contributed by atoms with Crippen molar-refractivity contribution in [3.63, 3.8) is 0 Å². The molecule has 0 spiro atoms. The van der Waals surface area contributed by atoms with Crippen LogP contribution in [0.5, 0.6) is 0 Å². The zero-order valence-corrected chi connectivity index (χ0v) is 6.85. The topological polar surface area (TPSA) is 0 Å². The van der Waals surface area contributed by atoms with E-state index in [0.717, 1.165) is 12.0 Å². The Morgan fingerprint density at radius 1 is 1.25 bits per heavy atom. The summed E-state index contributed by atoms with van der Waals surface area (Å²) < 4.78 is 25.2. The second kappa shape index (κ2) is 2.54. The molecule has 0 aliphatic heterocycles. The van der Waals surface area contributed by atoms with Gasteiger partial charge in [-0.1, -0.05) is 13.0 Å². The van der Waals surface area contributed by atoms with E-state index < -0.39 is 11.6 Å². The maximum absolute atomic E-state index is 12.7. The van der Waals surface area contributed by atoms with Gasteiger partial charge < -0.3 is 0 Å². The molecule has 0 heterocycles. The first-order chi connectivity index (χ1) is 5.68. The summed E-state index contributed by atoms with van der Waals surface area (Å²) in [5.41, 5.74) is 0.932. The molecule has 0 N–H and O–H groups in total. The predicted molar refractivity (Wildman–Crippen MR) is 42.9 cm³/mol. The van der Waals surface area contributed by atoms with E-state index in [1.807, 2.05) is 0 Å². The Morgan fingerprint density at radius 3 is 2.42 bits per heavy atom. The third-order valence-electron chi connectivity index (χ3n) is 2.48. The Labute approximate surface area is 70.2 Å². The van der Waals surface area contributed by atoms with E-state index in [9.17, 15) is 8.78 Å². The fraction of sp³-hybridized carbons (Fsp3) is 0.400. The molecule has 12 heavy (non-hydrogen) atoms. The van der Waals surface area contributed by atoms with Crippen LogP contribution in [0.1, 0.15) is 24.8 Å². The highest BCUT2D eigenvalue weighted by atomic mass is 19.2. The van der Waals surface area contributed by atoms with E-state index in [-0.39, 0.29) is 0 Å². The van der Waals surface area contributed by atoms with Crippen LogP contribution in [0.4, 0.5) is 8.78 Å². The van der Waals surface area contributed by atoms with E-state index in [4.69, 9.17) is 0 Å². The van der Waals surface area contributed by atoms with Crippen molar-refractivity contribution in [1.29, 1.82) is 0 Å². The van der Waals surface area contributed by atoms with E-state index in [2.05, 4.69) is 6.92 Å². The van der Waals surface area contributed by atoms with Crippen molar-refractivity contribution in [1.82, 2.24) is 0 Å². The molecule has 2 rings (SSSR count). The SMILES string of the molecule is C[C@@H]1C[C@H]1c1ccc(F)c(F)c1. The average molecular weight is 168 g/mol. The molecule has 64 valence electrons. The van der Waals surface area contributed by atoms with Crippen LogP contribution in [-0.2, 0) is 0 Å². The highest BCUT2D eigenvalue weighted by Crippen LogP contribution is 2.46. The number of hydrogen-bond donors (Lipinski definition) is 0. The maximum atomic E-state index is 12.7. The lowest BCUT2D eigenvalue weighted by molar-refractivity contribution is 0.507. The number of rotatable bonds is 1. The van der Waals surface area contributed by atoms with Gasteiger partial charge in [-0.05, 0) is 36.0 Å². The Bertz CT molecular complexity index is 307. The molecule has 2 atom stereocenters. The molecule has 0 unspecified atom stereocenters. The summed E-state index contributed by atoms with van der Waals surface area (Å²) in [7, 11) is 0. The van der Waals surface area contributed by atoms with E-state index in [0.29, 0.717) is 11.8 Å². The van der Waals surface area contributed by atoms with Crippen molar-refractivity contribution in [2.24, 2.45) is 5.92 Å². The Morgan fingerprint density at radius 2 is 1.92 bits per heavy atom. The maximum Gasteiger partial charge on any atom is 0.159 e. The standard InChI is InChI=1S/C10H10F2/c1-6-4-8(6)7-2-3-9(11)10(12)5-7/h2-3,5-6,8H,4H2,1H3/t6-,8-/m1/s1. The van der Waals surface area contributed by atoms with Crippen LogP contribution in [0, 0.1) is 17.6 Å². The van der Waals surface area contributed by atoms with Gasteiger partial charge in [0.15, 0.2) is 11.6 Å². The van der Waals surface area contributed by atoms with E-state index >= 15 is 0 Å². The zero-order valence-electron chi connectivity index (χ0n) is 6.85. The largest absolute Gasteiger partial charge is 0.204 e. The summed E-state index contributed by atoms with van der Waals surface area (Å²) in [5.74, 6) is -0.395. The predicted octanol–water partition coefficient (Wildman–Crippen LogP) is 3.09. The van der Waals surface area contributed by atoms with Gasteiger partial charge in [-0.15, -0.1) is 0 Å². The third-order valence-corrected chi connectivity index (χ3v) is 2.48. The monoisotopic (exact) mass is 168 g/mol. The van der Waals surface area contributed by atoms with Gasteiger partial charge in [-0.25, -0.2) is 8.78 Å². The third kappa shape index (κ3) is 1.22. The fourth-order valence-electron chi connectivity index (χ4n) is 1.53. The van der Waals surface area contributed by atoms with Gasteiger partial charge in [0.05, 0.1) is 0 Å². The van der Waals surface area contributed by atoms with Crippen LogP contribution in [-0.4, -0.2) is 0 Å². The van der Waals surface area contributed by atoms with Gasteiger partial charge in [0, 0.05) is 0 Å². The second-order valence-electron chi connectivity index (χ2n) is 3.49. The molecule has 0 radical (unpaired) electrons. The van der Waals surface area contributed by atoms with Crippen molar-refractivity contribution in [2.75, 3.05) is 0 Å². The normalized spacial score (nSPS) is 27.2. The summed E-state index contributed by atoms with van der Waals surface area (Å²) in [6.07, 6.45) is 1.10. The minimum absolute atomic E-state index is 0.458. The number of halogens is 2. The molecule has 0 bridgehead atoms. The van der Waals surface area contributed by atoms with Crippen LogP contribution < -0.4 is 0 Å². The molecule has 0 nitrogen and oxygen atoms in total. The van der Waals surface area contributed by atoms with Crippen molar-refractivity contribution in [3.05, 3.63) is 35.4 Å². The molecule has 1 saturated carbocycles.